The van der Waals surface area contributed by atoms with Gasteiger partial charge in [-0.3, -0.25) is 0 Å². The van der Waals surface area contributed by atoms with E-state index in [1.165, 1.54) is 12.1 Å². The molecule has 0 unspecified atom stereocenters. The van der Waals surface area contributed by atoms with Crippen LogP contribution in [0.1, 0.15) is 17.0 Å². The molecule has 0 spiro atoms. The minimum Gasteiger partial charge on any atom is -0.415 e. The highest BCUT2D eigenvalue weighted by molar-refractivity contribution is 7.98. The molecular formula is C11H10F3N3OS. The normalized spacial score (nSPS) is 11.8. The lowest BCUT2D eigenvalue weighted by molar-refractivity contribution is -0.138. The predicted molar refractivity (Wildman–Crippen MR) is 63.2 cm³/mol. The Hall–Kier alpha value is -1.54. The number of rotatable bonds is 4. The summed E-state index contributed by atoms with van der Waals surface area (Å²) >= 11 is 1.04. The number of nitrogens with zero attached hydrogens (tertiary/aromatic N) is 2. The Morgan fingerprint density at radius 1 is 1.21 bits per heavy atom. The third-order valence-corrected chi connectivity index (χ3v) is 3.16. The van der Waals surface area contributed by atoms with Crippen molar-refractivity contribution < 1.29 is 17.6 Å². The quantitative estimate of drug-likeness (QED) is 0.877. The third-order valence-electron chi connectivity index (χ3n) is 2.30. The molecule has 0 aliphatic carbocycles. The number of hydrogen-bond acceptors (Lipinski definition) is 5. The van der Waals surface area contributed by atoms with E-state index in [0.29, 0.717) is 0 Å². The van der Waals surface area contributed by atoms with E-state index in [-0.39, 0.29) is 29.0 Å². The third kappa shape index (κ3) is 3.48. The van der Waals surface area contributed by atoms with Crippen molar-refractivity contribution in [1.29, 1.82) is 0 Å². The summed E-state index contributed by atoms with van der Waals surface area (Å²) in [4.78, 5) is 0. The summed E-state index contributed by atoms with van der Waals surface area (Å²) in [5.41, 5.74) is 4.82. The fourth-order valence-corrected chi connectivity index (χ4v) is 2.23. The van der Waals surface area contributed by atoms with Crippen LogP contribution in [0.15, 0.2) is 33.9 Å². The van der Waals surface area contributed by atoms with E-state index in [1.807, 2.05) is 0 Å². The van der Waals surface area contributed by atoms with Gasteiger partial charge in [-0.05, 0) is 11.6 Å². The van der Waals surface area contributed by atoms with Crippen LogP contribution in [0.2, 0.25) is 0 Å². The predicted octanol–water partition coefficient (Wildman–Crippen LogP) is 2.84. The first-order chi connectivity index (χ1) is 9.00. The zero-order chi connectivity index (χ0) is 13.9. The van der Waals surface area contributed by atoms with Gasteiger partial charge in [0.25, 0.3) is 5.22 Å². The Balaban J connectivity index is 2.11. The molecule has 0 aliphatic heterocycles. The number of alkyl halides is 3. The van der Waals surface area contributed by atoms with Crippen molar-refractivity contribution >= 4 is 11.8 Å². The molecule has 0 saturated heterocycles. The fraction of sp³-hybridized carbons (Fsp3) is 0.273. The van der Waals surface area contributed by atoms with E-state index in [1.54, 1.807) is 6.07 Å². The molecule has 4 nitrogen and oxygen atoms in total. The van der Waals surface area contributed by atoms with Crippen LogP contribution < -0.4 is 5.73 Å². The van der Waals surface area contributed by atoms with Gasteiger partial charge in [-0.25, -0.2) is 0 Å². The Morgan fingerprint density at radius 3 is 2.58 bits per heavy atom. The summed E-state index contributed by atoms with van der Waals surface area (Å²) in [5.74, 6) is 0.355. The molecule has 0 saturated carbocycles. The van der Waals surface area contributed by atoms with Crippen LogP contribution >= 0.6 is 11.8 Å². The lowest BCUT2D eigenvalue weighted by Crippen LogP contribution is -2.08. The summed E-state index contributed by atoms with van der Waals surface area (Å²) in [6.45, 7) is 0.104. The molecule has 1 aromatic heterocycles. The highest BCUT2D eigenvalue weighted by atomic mass is 32.2. The highest BCUT2D eigenvalue weighted by Gasteiger charge is 2.32. The zero-order valence-electron chi connectivity index (χ0n) is 9.65. The topological polar surface area (TPSA) is 64.9 Å². The van der Waals surface area contributed by atoms with Crippen LogP contribution in [0, 0.1) is 0 Å². The van der Waals surface area contributed by atoms with Crippen LogP contribution in [-0.4, -0.2) is 10.2 Å². The molecule has 0 atom stereocenters. The van der Waals surface area contributed by atoms with Crippen molar-refractivity contribution in [3.8, 4) is 0 Å². The molecule has 0 radical (unpaired) electrons. The summed E-state index contributed by atoms with van der Waals surface area (Å²) in [5, 5.41) is 7.52. The summed E-state index contributed by atoms with van der Waals surface area (Å²) < 4.78 is 43.4. The fourth-order valence-electron chi connectivity index (χ4n) is 1.44. The van der Waals surface area contributed by atoms with Gasteiger partial charge in [-0.15, -0.1) is 10.2 Å². The van der Waals surface area contributed by atoms with E-state index < -0.39 is 11.7 Å². The van der Waals surface area contributed by atoms with Crippen LogP contribution in [0.4, 0.5) is 13.2 Å². The van der Waals surface area contributed by atoms with Crippen molar-refractivity contribution in [2.75, 3.05) is 0 Å². The summed E-state index contributed by atoms with van der Waals surface area (Å²) in [6, 6.07) is 5.39. The Kier molecular flexibility index (Phi) is 4.11. The zero-order valence-corrected chi connectivity index (χ0v) is 10.5. The maximum absolute atomic E-state index is 12.8. The lowest BCUT2D eigenvalue weighted by Gasteiger charge is -2.11. The molecular weight excluding hydrogens is 279 g/mol. The van der Waals surface area contributed by atoms with E-state index in [4.69, 9.17) is 10.2 Å². The van der Waals surface area contributed by atoms with Crippen LogP contribution in [-0.2, 0) is 18.5 Å². The minimum absolute atomic E-state index is 0.0991. The van der Waals surface area contributed by atoms with Crippen molar-refractivity contribution in [3.05, 3.63) is 41.3 Å². The summed E-state index contributed by atoms with van der Waals surface area (Å²) in [6.07, 6.45) is -4.37. The molecule has 0 fully saturated rings. The second kappa shape index (κ2) is 5.62. The van der Waals surface area contributed by atoms with Gasteiger partial charge in [-0.1, -0.05) is 30.0 Å². The van der Waals surface area contributed by atoms with Gasteiger partial charge in [0.15, 0.2) is 0 Å². The monoisotopic (exact) mass is 289 g/mol. The van der Waals surface area contributed by atoms with Crippen molar-refractivity contribution in [2.45, 2.75) is 23.7 Å². The molecule has 0 amide bonds. The molecule has 1 heterocycles. The van der Waals surface area contributed by atoms with Gasteiger partial charge in [0.1, 0.15) is 0 Å². The van der Waals surface area contributed by atoms with Crippen LogP contribution in [0.25, 0.3) is 0 Å². The van der Waals surface area contributed by atoms with E-state index >= 15 is 0 Å². The maximum Gasteiger partial charge on any atom is 0.416 e. The van der Waals surface area contributed by atoms with Gasteiger partial charge in [0.2, 0.25) is 5.89 Å². The molecule has 0 aliphatic rings. The maximum atomic E-state index is 12.8. The Morgan fingerprint density at radius 2 is 1.95 bits per heavy atom. The van der Waals surface area contributed by atoms with Crippen LogP contribution in [0.5, 0.6) is 0 Å². The van der Waals surface area contributed by atoms with Gasteiger partial charge in [-0.2, -0.15) is 13.2 Å². The highest BCUT2D eigenvalue weighted by Crippen LogP contribution is 2.34. The standard InChI is InChI=1S/C11H10F3N3OS/c12-11(13,14)8-4-2-1-3-7(8)6-19-10-17-16-9(5-15)18-10/h1-4H,5-6,15H2. The largest absolute Gasteiger partial charge is 0.416 e. The number of thioether (sulfide) groups is 1. The molecule has 2 aromatic rings. The Bertz CT molecular complexity index is 556. The number of benzene rings is 1. The number of hydrogen-bond donors (Lipinski definition) is 1. The molecule has 0 bridgehead atoms. The number of nitrogens with two attached hydrogens (primary N) is 1. The average molecular weight is 289 g/mol. The molecule has 8 heteroatoms. The Labute approximate surface area is 111 Å². The summed E-state index contributed by atoms with van der Waals surface area (Å²) in [7, 11) is 0. The lowest BCUT2D eigenvalue weighted by atomic mass is 10.1. The average Bonchev–Trinajstić information content (AvgIpc) is 2.83. The second-order valence-corrected chi connectivity index (χ2v) is 4.54. The van der Waals surface area contributed by atoms with Gasteiger partial charge < -0.3 is 10.2 Å². The molecule has 102 valence electrons. The minimum atomic E-state index is -4.37. The van der Waals surface area contributed by atoms with Gasteiger partial charge in [0, 0.05) is 5.75 Å². The van der Waals surface area contributed by atoms with Crippen molar-refractivity contribution in [3.63, 3.8) is 0 Å². The van der Waals surface area contributed by atoms with Crippen molar-refractivity contribution in [1.82, 2.24) is 10.2 Å². The number of aromatic nitrogens is 2. The molecule has 2 N–H and O–H groups in total. The van der Waals surface area contributed by atoms with E-state index in [2.05, 4.69) is 10.2 Å². The smallest absolute Gasteiger partial charge is 0.415 e. The number of halogens is 3. The van der Waals surface area contributed by atoms with Crippen LogP contribution in [0.3, 0.4) is 0 Å². The first kappa shape index (κ1) is 13.9. The molecule has 1 aromatic carbocycles. The SMILES string of the molecule is NCc1nnc(SCc2ccccc2C(F)(F)F)o1. The van der Waals surface area contributed by atoms with E-state index in [9.17, 15) is 13.2 Å². The van der Waals surface area contributed by atoms with E-state index in [0.717, 1.165) is 17.8 Å². The van der Waals surface area contributed by atoms with Gasteiger partial charge >= 0.3 is 6.18 Å². The van der Waals surface area contributed by atoms with Crippen molar-refractivity contribution in [2.24, 2.45) is 5.73 Å². The first-order valence-electron chi connectivity index (χ1n) is 5.31. The molecule has 2 rings (SSSR count). The molecule has 19 heavy (non-hydrogen) atoms. The second-order valence-electron chi connectivity index (χ2n) is 3.61. The first-order valence-corrected chi connectivity index (χ1v) is 6.29. The van der Waals surface area contributed by atoms with Gasteiger partial charge in [0.05, 0.1) is 12.1 Å².